The van der Waals surface area contributed by atoms with Crippen LogP contribution in [0.4, 0.5) is 0 Å². The van der Waals surface area contributed by atoms with Crippen molar-refractivity contribution in [2.75, 3.05) is 0 Å². The predicted molar refractivity (Wildman–Crippen MR) is 76.7 cm³/mol. The van der Waals surface area contributed by atoms with Gasteiger partial charge in [-0.25, -0.2) is 0 Å². The van der Waals surface area contributed by atoms with E-state index in [9.17, 15) is 9.90 Å². The van der Waals surface area contributed by atoms with Crippen LogP contribution < -0.4 is 0 Å². The van der Waals surface area contributed by atoms with Gasteiger partial charge in [0.15, 0.2) is 0 Å². The Kier molecular flexibility index (Phi) is 4.23. The molecule has 1 N–H and O–H groups in total. The Hall–Kier alpha value is -1.80. The zero-order valence-corrected chi connectivity index (χ0v) is 11.3. The molecule has 98 valence electrons. The summed E-state index contributed by atoms with van der Waals surface area (Å²) in [6, 6.07) is 16.7. The van der Waals surface area contributed by atoms with Crippen LogP contribution in [0.25, 0.3) is 0 Å². The Morgan fingerprint density at radius 1 is 1.05 bits per heavy atom. The van der Waals surface area contributed by atoms with Crippen LogP contribution in [0, 0.1) is 0 Å². The maximum absolute atomic E-state index is 11.6. The summed E-state index contributed by atoms with van der Waals surface area (Å²) in [7, 11) is 0. The molecule has 2 unspecified atom stereocenters. The number of rotatable bonds is 4. The molecule has 0 saturated carbocycles. The summed E-state index contributed by atoms with van der Waals surface area (Å²) in [4.78, 5) is 11.6. The van der Waals surface area contributed by atoms with Crippen molar-refractivity contribution in [3.63, 3.8) is 0 Å². The Labute approximate surface area is 117 Å². The van der Waals surface area contributed by atoms with Crippen molar-refractivity contribution in [3.05, 3.63) is 70.7 Å². The summed E-state index contributed by atoms with van der Waals surface area (Å²) in [5.41, 5.74) is 1.74. The first-order chi connectivity index (χ1) is 9.09. The van der Waals surface area contributed by atoms with E-state index in [1.54, 1.807) is 6.07 Å². The molecular formula is C16H15ClO2. The number of halogens is 1. The molecule has 0 bridgehead atoms. The van der Waals surface area contributed by atoms with E-state index in [1.807, 2.05) is 55.5 Å². The summed E-state index contributed by atoms with van der Waals surface area (Å²) in [5, 5.41) is 10.1. The van der Waals surface area contributed by atoms with Gasteiger partial charge >= 0.3 is 5.97 Å². The van der Waals surface area contributed by atoms with E-state index in [1.165, 1.54) is 0 Å². The van der Waals surface area contributed by atoms with Crippen molar-refractivity contribution in [2.24, 2.45) is 0 Å². The molecule has 0 fully saturated rings. The van der Waals surface area contributed by atoms with Crippen LogP contribution in [0.1, 0.15) is 29.9 Å². The highest BCUT2D eigenvalue weighted by atomic mass is 35.5. The summed E-state index contributed by atoms with van der Waals surface area (Å²) >= 11 is 5.97. The smallest absolute Gasteiger partial charge is 0.311 e. The number of benzene rings is 2. The first kappa shape index (κ1) is 13.6. The van der Waals surface area contributed by atoms with E-state index in [0.717, 1.165) is 11.1 Å². The molecule has 0 aliphatic rings. The van der Waals surface area contributed by atoms with E-state index in [0.29, 0.717) is 5.02 Å². The van der Waals surface area contributed by atoms with Crippen LogP contribution in [0.2, 0.25) is 5.02 Å². The van der Waals surface area contributed by atoms with Gasteiger partial charge in [-0.05, 0) is 29.2 Å². The lowest BCUT2D eigenvalue weighted by Gasteiger charge is -2.21. The van der Waals surface area contributed by atoms with Gasteiger partial charge in [-0.1, -0.05) is 61.0 Å². The zero-order valence-electron chi connectivity index (χ0n) is 10.6. The fraction of sp³-hybridized carbons (Fsp3) is 0.188. The van der Waals surface area contributed by atoms with Gasteiger partial charge in [0, 0.05) is 5.02 Å². The molecule has 2 aromatic carbocycles. The number of hydrogen-bond acceptors (Lipinski definition) is 1. The topological polar surface area (TPSA) is 37.3 Å². The SMILES string of the molecule is CC(c1cccc(Cl)c1)C(C(=O)O)c1ccccc1. The first-order valence-corrected chi connectivity index (χ1v) is 6.50. The van der Waals surface area contributed by atoms with Crippen LogP contribution in [0.15, 0.2) is 54.6 Å². The molecule has 0 saturated heterocycles. The van der Waals surface area contributed by atoms with Gasteiger partial charge in [0.1, 0.15) is 0 Å². The van der Waals surface area contributed by atoms with Gasteiger partial charge in [-0.15, -0.1) is 0 Å². The Bertz CT molecular complexity index is 566. The van der Waals surface area contributed by atoms with E-state index in [2.05, 4.69) is 0 Å². The van der Waals surface area contributed by atoms with Crippen molar-refractivity contribution in [1.29, 1.82) is 0 Å². The molecule has 0 aromatic heterocycles. The predicted octanol–water partition coefficient (Wildman–Crippen LogP) is 4.31. The molecule has 0 radical (unpaired) electrons. The molecule has 19 heavy (non-hydrogen) atoms. The maximum atomic E-state index is 11.6. The van der Waals surface area contributed by atoms with Crippen LogP contribution >= 0.6 is 11.6 Å². The Morgan fingerprint density at radius 3 is 2.26 bits per heavy atom. The fourth-order valence-electron chi connectivity index (χ4n) is 2.29. The third-order valence-corrected chi connectivity index (χ3v) is 3.53. The van der Waals surface area contributed by atoms with Gasteiger partial charge in [0.05, 0.1) is 5.92 Å². The quantitative estimate of drug-likeness (QED) is 0.902. The number of aliphatic carboxylic acids is 1. The highest BCUT2D eigenvalue weighted by molar-refractivity contribution is 6.30. The molecule has 0 aliphatic carbocycles. The standard InChI is InChI=1S/C16H15ClO2/c1-11(13-8-5-9-14(17)10-13)15(16(18)19)12-6-3-2-4-7-12/h2-11,15H,1H3,(H,18,19). The highest BCUT2D eigenvalue weighted by Gasteiger charge is 2.27. The molecule has 0 amide bonds. The minimum atomic E-state index is -0.821. The lowest BCUT2D eigenvalue weighted by Crippen LogP contribution is -2.18. The lowest BCUT2D eigenvalue weighted by molar-refractivity contribution is -0.139. The number of carboxylic acid groups (broad SMARTS) is 1. The van der Waals surface area contributed by atoms with Crippen LogP contribution in [-0.4, -0.2) is 11.1 Å². The van der Waals surface area contributed by atoms with Gasteiger partial charge in [0.2, 0.25) is 0 Å². The van der Waals surface area contributed by atoms with Crippen molar-refractivity contribution < 1.29 is 9.90 Å². The average Bonchev–Trinajstić information content (AvgIpc) is 2.39. The molecule has 3 heteroatoms. The van der Waals surface area contributed by atoms with Gasteiger partial charge in [-0.2, -0.15) is 0 Å². The second kappa shape index (κ2) is 5.89. The summed E-state index contributed by atoms with van der Waals surface area (Å²) in [5.74, 6) is -1.53. The molecule has 2 atom stereocenters. The molecule has 2 aromatic rings. The molecule has 0 heterocycles. The second-order valence-electron chi connectivity index (χ2n) is 4.57. The maximum Gasteiger partial charge on any atom is 0.311 e. The van der Waals surface area contributed by atoms with E-state index in [-0.39, 0.29) is 5.92 Å². The highest BCUT2D eigenvalue weighted by Crippen LogP contribution is 2.33. The van der Waals surface area contributed by atoms with Crippen molar-refractivity contribution in [1.82, 2.24) is 0 Å². The van der Waals surface area contributed by atoms with Crippen molar-refractivity contribution in [2.45, 2.75) is 18.8 Å². The molecule has 2 nitrogen and oxygen atoms in total. The normalized spacial score (nSPS) is 13.8. The Balaban J connectivity index is 2.38. The number of carbonyl (C=O) groups is 1. The molecular weight excluding hydrogens is 260 g/mol. The Morgan fingerprint density at radius 2 is 1.68 bits per heavy atom. The molecule has 0 spiro atoms. The first-order valence-electron chi connectivity index (χ1n) is 6.13. The monoisotopic (exact) mass is 274 g/mol. The van der Waals surface area contributed by atoms with Gasteiger partial charge in [-0.3, -0.25) is 4.79 Å². The van der Waals surface area contributed by atoms with Crippen LogP contribution in [0.5, 0.6) is 0 Å². The third-order valence-electron chi connectivity index (χ3n) is 3.30. The fourth-order valence-corrected chi connectivity index (χ4v) is 2.49. The van der Waals surface area contributed by atoms with E-state index >= 15 is 0 Å². The second-order valence-corrected chi connectivity index (χ2v) is 5.01. The zero-order chi connectivity index (χ0) is 13.8. The van der Waals surface area contributed by atoms with Crippen molar-refractivity contribution in [3.8, 4) is 0 Å². The van der Waals surface area contributed by atoms with Crippen LogP contribution in [0.3, 0.4) is 0 Å². The van der Waals surface area contributed by atoms with E-state index in [4.69, 9.17) is 11.6 Å². The van der Waals surface area contributed by atoms with E-state index < -0.39 is 11.9 Å². The third kappa shape index (κ3) is 3.15. The number of hydrogen-bond donors (Lipinski definition) is 1. The van der Waals surface area contributed by atoms with Gasteiger partial charge in [0.25, 0.3) is 0 Å². The summed E-state index contributed by atoms with van der Waals surface area (Å²) in [6.07, 6.45) is 0. The van der Waals surface area contributed by atoms with Crippen molar-refractivity contribution >= 4 is 17.6 Å². The number of carboxylic acids is 1. The molecule has 2 rings (SSSR count). The summed E-state index contributed by atoms with van der Waals surface area (Å²) in [6.45, 7) is 1.91. The minimum Gasteiger partial charge on any atom is -0.481 e. The molecule has 0 aliphatic heterocycles. The summed E-state index contributed by atoms with van der Waals surface area (Å²) < 4.78 is 0. The van der Waals surface area contributed by atoms with Gasteiger partial charge < -0.3 is 5.11 Å². The lowest BCUT2D eigenvalue weighted by atomic mass is 9.83. The van der Waals surface area contributed by atoms with Crippen LogP contribution in [-0.2, 0) is 4.79 Å². The largest absolute Gasteiger partial charge is 0.481 e. The average molecular weight is 275 g/mol. The minimum absolute atomic E-state index is 0.140.